The molecule has 0 aliphatic carbocycles. The fraction of sp³-hybridized carbons (Fsp3) is 0.227. The molecule has 3 heterocycles. The van der Waals surface area contributed by atoms with E-state index in [1.807, 2.05) is 0 Å². The summed E-state index contributed by atoms with van der Waals surface area (Å²) in [7, 11) is -0.539. The van der Waals surface area contributed by atoms with E-state index < -0.39 is 9.84 Å². The van der Waals surface area contributed by atoms with E-state index in [9.17, 15) is 8.42 Å². The Balaban J connectivity index is 1.73. The highest BCUT2D eigenvalue weighted by atomic mass is 35.5. The van der Waals surface area contributed by atoms with Gasteiger partial charge in [0.2, 0.25) is 5.82 Å². The van der Waals surface area contributed by atoms with E-state index >= 15 is 0 Å². The second-order valence-electron chi connectivity index (χ2n) is 7.07. The normalized spacial score (nSPS) is 11.5. The molecule has 11 heteroatoms. The van der Waals surface area contributed by atoms with Crippen molar-refractivity contribution >= 4 is 21.4 Å². The van der Waals surface area contributed by atoms with Crippen LogP contribution in [0, 0.1) is 0 Å². The molecule has 172 valence electrons. The Hall–Kier alpha value is -3.37. The van der Waals surface area contributed by atoms with Crippen LogP contribution in [-0.4, -0.2) is 48.1 Å². The summed E-state index contributed by atoms with van der Waals surface area (Å²) >= 11 is 5.85. The SMILES string of the molecule is COc1cccc(OC)c1-n1c(CS(=O)(=O)CCc2ccc(Cl)cn2)nnc1-c1ccco1. The predicted octanol–water partition coefficient (Wildman–Crippen LogP) is 3.75. The summed E-state index contributed by atoms with van der Waals surface area (Å²) in [5.41, 5.74) is 1.11. The summed E-state index contributed by atoms with van der Waals surface area (Å²) in [6.07, 6.45) is 3.24. The number of aromatic nitrogens is 4. The van der Waals surface area contributed by atoms with Crippen LogP contribution in [0.2, 0.25) is 5.02 Å². The number of benzene rings is 1. The van der Waals surface area contributed by atoms with Crippen molar-refractivity contribution in [3.8, 4) is 28.8 Å². The number of nitrogens with zero attached hydrogens (tertiary/aromatic N) is 4. The van der Waals surface area contributed by atoms with E-state index in [0.717, 1.165) is 0 Å². The predicted molar refractivity (Wildman–Crippen MR) is 123 cm³/mol. The largest absolute Gasteiger partial charge is 0.494 e. The Morgan fingerprint density at radius 1 is 1.03 bits per heavy atom. The monoisotopic (exact) mass is 488 g/mol. The number of hydrogen-bond acceptors (Lipinski definition) is 8. The highest BCUT2D eigenvalue weighted by molar-refractivity contribution is 7.90. The quantitative estimate of drug-likeness (QED) is 0.350. The standard InChI is InChI=1S/C22H21ClN4O5S/c1-30-17-5-3-6-18(31-2)21(17)27-20(25-26-22(27)19-7-4-11-32-19)14-33(28,29)12-10-16-9-8-15(23)13-24-16/h3-9,11,13H,10,12,14H2,1-2H3. The number of methoxy groups -OCH3 is 2. The molecule has 33 heavy (non-hydrogen) atoms. The van der Waals surface area contributed by atoms with Crippen LogP contribution in [0.5, 0.6) is 11.5 Å². The zero-order chi connectivity index (χ0) is 23.4. The second-order valence-corrected chi connectivity index (χ2v) is 9.69. The Morgan fingerprint density at radius 3 is 2.39 bits per heavy atom. The third-order valence-corrected chi connectivity index (χ3v) is 6.65. The first-order chi connectivity index (χ1) is 15.9. The molecule has 0 saturated heterocycles. The van der Waals surface area contributed by atoms with Gasteiger partial charge in [0.1, 0.15) is 22.9 Å². The van der Waals surface area contributed by atoms with Crippen molar-refractivity contribution < 1.29 is 22.3 Å². The maximum atomic E-state index is 13.0. The van der Waals surface area contributed by atoms with E-state index in [2.05, 4.69) is 15.2 Å². The van der Waals surface area contributed by atoms with Crippen LogP contribution in [0.4, 0.5) is 0 Å². The number of sulfone groups is 1. The number of furan rings is 1. The maximum Gasteiger partial charge on any atom is 0.204 e. The molecule has 0 aliphatic heterocycles. The number of rotatable bonds is 9. The molecular formula is C22H21ClN4O5S. The first-order valence-electron chi connectivity index (χ1n) is 9.92. The fourth-order valence-corrected chi connectivity index (χ4v) is 4.70. The molecule has 0 spiro atoms. The highest BCUT2D eigenvalue weighted by Crippen LogP contribution is 2.36. The van der Waals surface area contributed by atoms with Gasteiger partial charge in [0.25, 0.3) is 0 Å². The minimum absolute atomic E-state index is 0.117. The van der Waals surface area contributed by atoms with Gasteiger partial charge in [-0.05, 0) is 36.4 Å². The highest BCUT2D eigenvalue weighted by Gasteiger charge is 2.26. The summed E-state index contributed by atoms with van der Waals surface area (Å²) in [6.45, 7) is 0. The molecule has 1 aromatic carbocycles. The van der Waals surface area contributed by atoms with Crippen LogP contribution in [0.1, 0.15) is 11.5 Å². The van der Waals surface area contributed by atoms with Crippen molar-refractivity contribution in [2.45, 2.75) is 12.2 Å². The van der Waals surface area contributed by atoms with Gasteiger partial charge in [-0.1, -0.05) is 17.7 Å². The lowest BCUT2D eigenvalue weighted by Crippen LogP contribution is -2.16. The topological polar surface area (TPSA) is 109 Å². The molecule has 3 aromatic heterocycles. The molecule has 0 saturated carbocycles. The second kappa shape index (κ2) is 9.63. The zero-order valence-corrected chi connectivity index (χ0v) is 19.5. The van der Waals surface area contributed by atoms with Gasteiger partial charge in [-0.25, -0.2) is 8.42 Å². The molecule has 0 aliphatic rings. The van der Waals surface area contributed by atoms with Gasteiger partial charge in [0.15, 0.2) is 21.4 Å². The molecular weight excluding hydrogens is 468 g/mol. The lowest BCUT2D eigenvalue weighted by molar-refractivity contribution is 0.390. The summed E-state index contributed by atoms with van der Waals surface area (Å²) < 4.78 is 44.2. The van der Waals surface area contributed by atoms with Crippen molar-refractivity contribution in [1.82, 2.24) is 19.7 Å². The average molecular weight is 489 g/mol. The van der Waals surface area contributed by atoms with Crippen molar-refractivity contribution in [2.75, 3.05) is 20.0 Å². The summed E-state index contributed by atoms with van der Waals surface area (Å²) in [6, 6.07) is 12.1. The first-order valence-corrected chi connectivity index (χ1v) is 12.1. The molecule has 4 aromatic rings. The molecule has 0 radical (unpaired) electrons. The third-order valence-electron chi connectivity index (χ3n) is 4.90. The molecule has 0 atom stereocenters. The summed E-state index contributed by atoms with van der Waals surface area (Å²) in [4.78, 5) is 4.16. The van der Waals surface area contributed by atoms with Crippen LogP contribution >= 0.6 is 11.6 Å². The molecule has 4 rings (SSSR count). The number of para-hydroxylation sites is 1. The average Bonchev–Trinajstić information content (AvgIpc) is 3.48. The van der Waals surface area contributed by atoms with Gasteiger partial charge >= 0.3 is 0 Å². The van der Waals surface area contributed by atoms with E-state index in [-0.39, 0.29) is 23.8 Å². The number of halogens is 1. The summed E-state index contributed by atoms with van der Waals surface area (Å²) in [5, 5.41) is 8.89. The van der Waals surface area contributed by atoms with Crippen LogP contribution in [0.15, 0.2) is 59.3 Å². The van der Waals surface area contributed by atoms with Gasteiger partial charge in [-0.2, -0.15) is 0 Å². The Kier molecular flexibility index (Phi) is 6.66. The molecule has 0 N–H and O–H groups in total. The van der Waals surface area contributed by atoms with E-state index in [4.69, 9.17) is 25.5 Å². The summed E-state index contributed by atoms with van der Waals surface area (Å²) in [5.74, 6) is 1.41. The van der Waals surface area contributed by atoms with Crippen LogP contribution in [0.3, 0.4) is 0 Å². The van der Waals surface area contributed by atoms with Crippen molar-refractivity contribution in [3.05, 3.63) is 71.5 Å². The lowest BCUT2D eigenvalue weighted by Gasteiger charge is -2.16. The molecule has 0 bridgehead atoms. The van der Waals surface area contributed by atoms with Gasteiger partial charge < -0.3 is 13.9 Å². The van der Waals surface area contributed by atoms with Crippen molar-refractivity contribution in [3.63, 3.8) is 0 Å². The Morgan fingerprint density at radius 2 is 1.79 bits per heavy atom. The van der Waals surface area contributed by atoms with E-state index in [0.29, 0.717) is 39.5 Å². The van der Waals surface area contributed by atoms with Gasteiger partial charge in [0.05, 0.1) is 31.3 Å². The number of aryl methyl sites for hydroxylation is 1. The van der Waals surface area contributed by atoms with Gasteiger partial charge in [-0.3, -0.25) is 9.55 Å². The Labute approximate surface area is 195 Å². The first kappa shape index (κ1) is 22.8. The number of ether oxygens (including phenoxy) is 2. The molecule has 9 nitrogen and oxygen atoms in total. The number of hydrogen-bond donors (Lipinski definition) is 0. The minimum Gasteiger partial charge on any atom is -0.494 e. The third kappa shape index (κ3) is 5.01. The Bertz CT molecular complexity index is 1310. The molecule has 0 amide bonds. The number of pyridine rings is 1. The van der Waals surface area contributed by atoms with Gasteiger partial charge in [-0.15, -0.1) is 10.2 Å². The van der Waals surface area contributed by atoms with Crippen molar-refractivity contribution in [1.29, 1.82) is 0 Å². The lowest BCUT2D eigenvalue weighted by atomic mass is 10.2. The van der Waals surface area contributed by atoms with E-state index in [1.165, 1.54) is 26.7 Å². The fourth-order valence-electron chi connectivity index (χ4n) is 3.35. The smallest absolute Gasteiger partial charge is 0.204 e. The van der Waals surface area contributed by atoms with E-state index in [1.54, 1.807) is 47.0 Å². The van der Waals surface area contributed by atoms with Crippen LogP contribution < -0.4 is 9.47 Å². The van der Waals surface area contributed by atoms with Crippen LogP contribution in [-0.2, 0) is 22.0 Å². The van der Waals surface area contributed by atoms with Gasteiger partial charge in [0, 0.05) is 18.3 Å². The van der Waals surface area contributed by atoms with Crippen LogP contribution in [0.25, 0.3) is 17.3 Å². The minimum atomic E-state index is -3.58. The molecule has 0 unspecified atom stereocenters. The maximum absolute atomic E-state index is 13.0. The van der Waals surface area contributed by atoms with Crippen molar-refractivity contribution in [2.24, 2.45) is 0 Å². The zero-order valence-electron chi connectivity index (χ0n) is 17.9. The molecule has 0 fully saturated rings.